The van der Waals surface area contributed by atoms with Crippen molar-refractivity contribution in [3.8, 4) is 11.3 Å². The SMILES string of the molecule is O=C(Nc1nc(-c2ccc(Br)cc2)cs1)[C@@H]1[C@H](C(=O)O)[C@H]2CC[C@H]1O2. The van der Waals surface area contributed by atoms with Crippen LogP contribution >= 0.6 is 27.3 Å². The molecule has 2 aliphatic heterocycles. The second-order valence-electron chi connectivity index (χ2n) is 6.21. The van der Waals surface area contributed by atoms with E-state index in [1.807, 2.05) is 29.6 Å². The monoisotopic (exact) mass is 422 g/mol. The number of halogens is 1. The van der Waals surface area contributed by atoms with Crippen LogP contribution in [0.3, 0.4) is 0 Å². The van der Waals surface area contributed by atoms with Gasteiger partial charge in [0.15, 0.2) is 5.13 Å². The number of fused-ring (bicyclic) bond motifs is 2. The van der Waals surface area contributed by atoms with E-state index in [-0.39, 0.29) is 18.1 Å². The summed E-state index contributed by atoms with van der Waals surface area (Å²) >= 11 is 4.71. The Balaban J connectivity index is 1.50. The van der Waals surface area contributed by atoms with Gasteiger partial charge in [0, 0.05) is 15.4 Å². The van der Waals surface area contributed by atoms with Crippen molar-refractivity contribution < 1.29 is 19.4 Å². The van der Waals surface area contributed by atoms with Crippen LogP contribution < -0.4 is 5.32 Å². The molecule has 1 aromatic heterocycles. The number of carboxylic acid groups (broad SMARTS) is 1. The first-order chi connectivity index (χ1) is 12.0. The molecule has 2 aromatic rings. The highest BCUT2D eigenvalue weighted by atomic mass is 79.9. The molecule has 2 aliphatic rings. The molecule has 0 unspecified atom stereocenters. The lowest BCUT2D eigenvalue weighted by Crippen LogP contribution is -2.40. The number of amides is 1. The molecule has 1 aromatic carbocycles. The van der Waals surface area contributed by atoms with E-state index >= 15 is 0 Å². The maximum Gasteiger partial charge on any atom is 0.310 e. The Hall–Kier alpha value is -1.77. The van der Waals surface area contributed by atoms with Crippen LogP contribution in [0.5, 0.6) is 0 Å². The van der Waals surface area contributed by atoms with Crippen molar-refractivity contribution in [2.75, 3.05) is 5.32 Å². The topological polar surface area (TPSA) is 88.5 Å². The molecule has 6 nitrogen and oxygen atoms in total. The quantitative estimate of drug-likeness (QED) is 0.787. The molecule has 8 heteroatoms. The van der Waals surface area contributed by atoms with Gasteiger partial charge in [-0.25, -0.2) is 4.98 Å². The van der Waals surface area contributed by atoms with E-state index in [9.17, 15) is 14.7 Å². The van der Waals surface area contributed by atoms with Crippen LogP contribution in [0.4, 0.5) is 5.13 Å². The number of benzene rings is 1. The molecular formula is C17H15BrN2O4S. The van der Waals surface area contributed by atoms with E-state index in [0.717, 1.165) is 22.2 Å². The van der Waals surface area contributed by atoms with Gasteiger partial charge in [-0.05, 0) is 25.0 Å². The lowest BCUT2D eigenvalue weighted by Gasteiger charge is -2.23. The highest BCUT2D eigenvalue weighted by Gasteiger charge is 2.55. The Morgan fingerprint density at radius 2 is 1.88 bits per heavy atom. The minimum Gasteiger partial charge on any atom is -0.481 e. The number of hydrogen-bond donors (Lipinski definition) is 2. The van der Waals surface area contributed by atoms with E-state index in [4.69, 9.17) is 4.74 Å². The number of carbonyl (C=O) groups excluding carboxylic acids is 1. The van der Waals surface area contributed by atoms with Crippen molar-refractivity contribution in [3.63, 3.8) is 0 Å². The average molecular weight is 423 g/mol. The highest BCUT2D eigenvalue weighted by molar-refractivity contribution is 9.10. The van der Waals surface area contributed by atoms with Gasteiger partial charge in [-0.2, -0.15) is 0 Å². The summed E-state index contributed by atoms with van der Waals surface area (Å²) in [6.07, 6.45) is 0.773. The zero-order valence-electron chi connectivity index (χ0n) is 13.0. The van der Waals surface area contributed by atoms with E-state index < -0.39 is 17.8 Å². The van der Waals surface area contributed by atoms with Gasteiger partial charge < -0.3 is 15.2 Å². The Labute approximate surface area is 156 Å². The number of thiazole rings is 1. The summed E-state index contributed by atoms with van der Waals surface area (Å²) < 4.78 is 6.62. The van der Waals surface area contributed by atoms with Crippen molar-refractivity contribution in [3.05, 3.63) is 34.1 Å². The number of hydrogen-bond acceptors (Lipinski definition) is 5. The summed E-state index contributed by atoms with van der Waals surface area (Å²) in [7, 11) is 0. The van der Waals surface area contributed by atoms with Crippen LogP contribution in [0.2, 0.25) is 0 Å². The molecule has 4 rings (SSSR count). The van der Waals surface area contributed by atoms with E-state index in [1.165, 1.54) is 11.3 Å². The van der Waals surface area contributed by atoms with Crippen LogP contribution in [0.25, 0.3) is 11.3 Å². The van der Waals surface area contributed by atoms with Gasteiger partial charge in [-0.15, -0.1) is 11.3 Å². The zero-order chi connectivity index (χ0) is 17.6. The van der Waals surface area contributed by atoms with Gasteiger partial charge in [-0.3, -0.25) is 9.59 Å². The highest BCUT2D eigenvalue weighted by Crippen LogP contribution is 2.44. The fourth-order valence-corrected chi connectivity index (χ4v) is 4.58. The Kier molecular flexibility index (Phi) is 4.35. The fourth-order valence-electron chi connectivity index (χ4n) is 3.60. The lowest BCUT2D eigenvalue weighted by atomic mass is 9.79. The largest absolute Gasteiger partial charge is 0.481 e. The van der Waals surface area contributed by atoms with Crippen LogP contribution in [-0.2, 0) is 14.3 Å². The minimum atomic E-state index is -0.970. The van der Waals surface area contributed by atoms with Crippen LogP contribution in [-0.4, -0.2) is 34.2 Å². The molecule has 2 N–H and O–H groups in total. The van der Waals surface area contributed by atoms with E-state index in [2.05, 4.69) is 26.2 Å². The van der Waals surface area contributed by atoms with Gasteiger partial charge in [0.25, 0.3) is 0 Å². The molecule has 130 valence electrons. The number of carbonyl (C=O) groups is 2. The molecule has 4 atom stereocenters. The summed E-state index contributed by atoms with van der Waals surface area (Å²) in [5.74, 6) is -2.72. The van der Waals surface area contributed by atoms with Crippen molar-refractivity contribution in [1.29, 1.82) is 0 Å². The average Bonchev–Trinajstić information content (AvgIpc) is 3.30. The van der Waals surface area contributed by atoms with Gasteiger partial charge in [0.1, 0.15) is 0 Å². The number of carboxylic acids is 1. The second kappa shape index (κ2) is 6.51. The zero-order valence-corrected chi connectivity index (χ0v) is 15.4. The molecule has 2 fully saturated rings. The first-order valence-electron chi connectivity index (χ1n) is 7.93. The Bertz CT molecular complexity index is 822. The van der Waals surface area contributed by atoms with E-state index in [1.54, 1.807) is 0 Å². The van der Waals surface area contributed by atoms with Crippen LogP contribution in [0, 0.1) is 11.8 Å². The lowest BCUT2D eigenvalue weighted by molar-refractivity contribution is -0.147. The van der Waals surface area contributed by atoms with Crippen LogP contribution in [0.15, 0.2) is 34.1 Å². The van der Waals surface area contributed by atoms with Gasteiger partial charge in [-0.1, -0.05) is 28.1 Å². The number of rotatable bonds is 4. The van der Waals surface area contributed by atoms with Crippen molar-refractivity contribution >= 4 is 44.3 Å². The molecule has 0 saturated carbocycles. The number of aliphatic carboxylic acids is 1. The third-order valence-electron chi connectivity index (χ3n) is 4.74. The molecule has 25 heavy (non-hydrogen) atoms. The summed E-state index contributed by atoms with van der Waals surface area (Å²) in [6, 6.07) is 7.73. The Morgan fingerprint density at radius 3 is 2.56 bits per heavy atom. The van der Waals surface area contributed by atoms with Gasteiger partial charge in [0.05, 0.1) is 29.7 Å². The normalized spacial score (nSPS) is 27.4. The molecule has 2 bridgehead atoms. The van der Waals surface area contributed by atoms with Crippen LogP contribution in [0.1, 0.15) is 12.8 Å². The fraction of sp³-hybridized carbons (Fsp3) is 0.353. The molecule has 0 aliphatic carbocycles. The smallest absolute Gasteiger partial charge is 0.310 e. The molecular weight excluding hydrogens is 408 g/mol. The Morgan fingerprint density at radius 1 is 1.20 bits per heavy atom. The first kappa shape index (κ1) is 16.7. The second-order valence-corrected chi connectivity index (χ2v) is 7.99. The summed E-state index contributed by atoms with van der Waals surface area (Å²) in [6.45, 7) is 0. The molecule has 0 spiro atoms. The molecule has 2 saturated heterocycles. The van der Waals surface area contributed by atoms with Gasteiger partial charge >= 0.3 is 5.97 Å². The molecule has 1 amide bonds. The molecule has 3 heterocycles. The number of nitrogens with one attached hydrogen (secondary N) is 1. The van der Waals surface area contributed by atoms with Crippen molar-refractivity contribution in [1.82, 2.24) is 4.98 Å². The summed E-state index contributed by atoms with van der Waals surface area (Å²) in [5.41, 5.74) is 1.72. The number of aromatic nitrogens is 1. The predicted octanol–water partition coefficient (Wildman–Crippen LogP) is 3.39. The number of nitrogens with zero attached hydrogens (tertiary/aromatic N) is 1. The van der Waals surface area contributed by atoms with Crippen molar-refractivity contribution in [2.45, 2.75) is 25.0 Å². The van der Waals surface area contributed by atoms with Gasteiger partial charge in [0.2, 0.25) is 5.91 Å². The molecule has 0 radical (unpaired) electrons. The third-order valence-corrected chi connectivity index (χ3v) is 6.02. The number of anilines is 1. The summed E-state index contributed by atoms with van der Waals surface area (Å²) in [4.78, 5) is 28.6. The number of ether oxygens (including phenoxy) is 1. The maximum absolute atomic E-state index is 12.6. The predicted molar refractivity (Wildman–Crippen MR) is 96.4 cm³/mol. The van der Waals surface area contributed by atoms with E-state index in [0.29, 0.717) is 11.6 Å². The standard InChI is InChI=1S/C17H15BrN2O4S/c18-9-3-1-8(2-4-9)10-7-25-17(19-10)20-15(21)13-11-5-6-12(24-11)14(13)16(22)23/h1-4,7,11-14H,5-6H2,(H,22,23)(H,19,20,21)/t11-,12-,13+,14-/m1/s1. The first-order valence-corrected chi connectivity index (χ1v) is 9.61. The summed E-state index contributed by atoms with van der Waals surface area (Å²) in [5, 5.41) is 14.5. The third kappa shape index (κ3) is 3.09. The minimum absolute atomic E-state index is 0.308. The maximum atomic E-state index is 12.6. The van der Waals surface area contributed by atoms with Crippen molar-refractivity contribution in [2.24, 2.45) is 11.8 Å².